The van der Waals surface area contributed by atoms with E-state index in [0.717, 1.165) is 6.54 Å². The number of hydrogen-bond acceptors (Lipinski definition) is 4. The molecule has 1 heterocycles. The molecule has 0 aliphatic carbocycles. The van der Waals surface area contributed by atoms with E-state index in [2.05, 4.69) is 10.6 Å². The first kappa shape index (κ1) is 13.8. The zero-order chi connectivity index (χ0) is 13.7. The fraction of sp³-hybridized carbons (Fsp3) is 0.500. The Balaban J connectivity index is 2.04. The normalized spacial score (nSPS) is 22.2. The summed E-state index contributed by atoms with van der Waals surface area (Å²) in [5.74, 6) is 0.465. The highest BCUT2D eigenvalue weighted by Crippen LogP contribution is 2.25. The fourth-order valence-corrected chi connectivity index (χ4v) is 2.25. The molecule has 2 rings (SSSR count). The number of likely N-dealkylation sites (N-methyl/N-ethyl adjacent to an activating group) is 1. The molecule has 1 aliphatic heterocycles. The molecule has 1 aromatic rings. The topological polar surface area (TPSA) is 59.6 Å². The molecule has 2 N–H and O–H groups in total. The van der Waals surface area contributed by atoms with Crippen molar-refractivity contribution >= 4 is 11.6 Å². The average Bonchev–Trinajstić information content (AvgIpc) is 2.88. The number of rotatable bonds is 5. The standard InChI is InChI=1S/C14H20N2O3/c1-3-15-12-9-19-8-10(12)14(17)16-11-6-4-5-7-13(11)18-2/h4-7,10,12,15H,3,8-9H2,1-2H3,(H,16,17). The number of hydrogen-bond donors (Lipinski definition) is 2. The summed E-state index contributed by atoms with van der Waals surface area (Å²) >= 11 is 0. The Labute approximate surface area is 113 Å². The number of nitrogens with one attached hydrogen (secondary N) is 2. The fourth-order valence-electron chi connectivity index (χ4n) is 2.25. The lowest BCUT2D eigenvalue weighted by molar-refractivity contribution is -0.120. The number of benzene rings is 1. The minimum absolute atomic E-state index is 0.0343. The van der Waals surface area contributed by atoms with Gasteiger partial charge in [-0.05, 0) is 18.7 Å². The maximum Gasteiger partial charge on any atom is 0.231 e. The third-order valence-electron chi connectivity index (χ3n) is 3.25. The molecule has 0 spiro atoms. The lowest BCUT2D eigenvalue weighted by Gasteiger charge is -2.18. The third-order valence-corrected chi connectivity index (χ3v) is 3.25. The smallest absolute Gasteiger partial charge is 0.231 e. The van der Waals surface area contributed by atoms with Crippen molar-refractivity contribution in [3.05, 3.63) is 24.3 Å². The predicted molar refractivity (Wildman–Crippen MR) is 73.4 cm³/mol. The number of ether oxygens (including phenoxy) is 2. The van der Waals surface area contributed by atoms with Crippen molar-refractivity contribution in [2.75, 3.05) is 32.2 Å². The van der Waals surface area contributed by atoms with Crippen molar-refractivity contribution in [3.8, 4) is 5.75 Å². The Kier molecular flexibility index (Phi) is 4.76. The number of methoxy groups -OCH3 is 1. The molecular weight excluding hydrogens is 244 g/mol. The van der Waals surface area contributed by atoms with E-state index >= 15 is 0 Å². The largest absolute Gasteiger partial charge is 0.495 e. The second-order valence-electron chi connectivity index (χ2n) is 4.50. The maximum absolute atomic E-state index is 12.3. The van der Waals surface area contributed by atoms with Crippen LogP contribution in [0, 0.1) is 5.92 Å². The van der Waals surface area contributed by atoms with Crippen LogP contribution >= 0.6 is 0 Å². The van der Waals surface area contributed by atoms with Crippen molar-refractivity contribution in [1.82, 2.24) is 5.32 Å². The van der Waals surface area contributed by atoms with Gasteiger partial charge < -0.3 is 20.1 Å². The summed E-state index contributed by atoms with van der Waals surface area (Å²) in [5.41, 5.74) is 0.692. The Morgan fingerprint density at radius 3 is 2.95 bits per heavy atom. The van der Waals surface area contributed by atoms with Crippen LogP contribution in [0.3, 0.4) is 0 Å². The van der Waals surface area contributed by atoms with E-state index in [1.54, 1.807) is 7.11 Å². The highest BCUT2D eigenvalue weighted by molar-refractivity contribution is 5.94. The zero-order valence-corrected chi connectivity index (χ0v) is 11.3. The first-order valence-electron chi connectivity index (χ1n) is 6.51. The molecular formula is C14H20N2O3. The quantitative estimate of drug-likeness (QED) is 0.840. The summed E-state index contributed by atoms with van der Waals surface area (Å²) in [6.45, 7) is 3.89. The van der Waals surface area contributed by atoms with Gasteiger partial charge in [0.2, 0.25) is 5.91 Å². The van der Waals surface area contributed by atoms with E-state index in [1.165, 1.54) is 0 Å². The van der Waals surface area contributed by atoms with Crippen LogP contribution in [0.4, 0.5) is 5.69 Å². The SMILES string of the molecule is CCNC1COCC1C(=O)Nc1ccccc1OC. The Bertz CT molecular complexity index is 436. The van der Waals surface area contributed by atoms with Gasteiger partial charge in [-0.1, -0.05) is 19.1 Å². The van der Waals surface area contributed by atoms with Crippen LogP contribution in [-0.4, -0.2) is 38.8 Å². The number of anilines is 1. The van der Waals surface area contributed by atoms with Gasteiger partial charge in [0.05, 0.1) is 31.9 Å². The summed E-state index contributed by atoms with van der Waals surface area (Å²) in [6, 6.07) is 7.47. The van der Waals surface area contributed by atoms with Gasteiger partial charge in [0, 0.05) is 6.04 Å². The molecule has 19 heavy (non-hydrogen) atoms. The van der Waals surface area contributed by atoms with E-state index in [-0.39, 0.29) is 17.9 Å². The third kappa shape index (κ3) is 3.24. The summed E-state index contributed by atoms with van der Waals surface area (Å²) in [7, 11) is 1.59. The van der Waals surface area contributed by atoms with Crippen LogP contribution < -0.4 is 15.4 Å². The Hall–Kier alpha value is -1.59. The predicted octanol–water partition coefficient (Wildman–Crippen LogP) is 1.26. The molecule has 1 amide bonds. The summed E-state index contributed by atoms with van der Waals surface area (Å²) in [6.07, 6.45) is 0. The second-order valence-corrected chi connectivity index (χ2v) is 4.50. The molecule has 1 fully saturated rings. The van der Waals surface area contributed by atoms with Gasteiger partial charge in [-0.2, -0.15) is 0 Å². The summed E-state index contributed by atoms with van der Waals surface area (Å²) in [4.78, 5) is 12.3. The minimum atomic E-state index is -0.162. The number of carbonyl (C=O) groups excluding carboxylic acids is 1. The van der Waals surface area contributed by atoms with Gasteiger partial charge in [0.1, 0.15) is 5.75 Å². The molecule has 1 aromatic carbocycles. The molecule has 5 nitrogen and oxygen atoms in total. The number of amides is 1. The minimum Gasteiger partial charge on any atom is -0.495 e. The van der Waals surface area contributed by atoms with Crippen LogP contribution in [0.1, 0.15) is 6.92 Å². The van der Waals surface area contributed by atoms with E-state index in [1.807, 2.05) is 31.2 Å². The van der Waals surface area contributed by atoms with Crippen LogP contribution in [0.5, 0.6) is 5.75 Å². The lowest BCUT2D eigenvalue weighted by atomic mass is 10.0. The van der Waals surface area contributed by atoms with E-state index in [4.69, 9.17) is 9.47 Å². The van der Waals surface area contributed by atoms with Crippen molar-refractivity contribution in [1.29, 1.82) is 0 Å². The molecule has 5 heteroatoms. The Morgan fingerprint density at radius 2 is 2.21 bits per heavy atom. The molecule has 0 aromatic heterocycles. The molecule has 1 aliphatic rings. The zero-order valence-electron chi connectivity index (χ0n) is 11.3. The summed E-state index contributed by atoms with van der Waals surface area (Å²) in [5, 5.41) is 6.18. The lowest BCUT2D eigenvalue weighted by Crippen LogP contribution is -2.41. The van der Waals surface area contributed by atoms with Crippen LogP contribution in [0.15, 0.2) is 24.3 Å². The Morgan fingerprint density at radius 1 is 1.42 bits per heavy atom. The first-order chi connectivity index (χ1) is 9.26. The second kappa shape index (κ2) is 6.54. The average molecular weight is 264 g/mol. The van der Waals surface area contributed by atoms with Crippen molar-refractivity contribution < 1.29 is 14.3 Å². The monoisotopic (exact) mass is 264 g/mol. The highest BCUT2D eigenvalue weighted by atomic mass is 16.5. The van der Waals surface area contributed by atoms with Crippen molar-refractivity contribution in [3.63, 3.8) is 0 Å². The van der Waals surface area contributed by atoms with Gasteiger partial charge in [-0.3, -0.25) is 4.79 Å². The maximum atomic E-state index is 12.3. The van der Waals surface area contributed by atoms with Crippen molar-refractivity contribution in [2.24, 2.45) is 5.92 Å². The van der Waals surface area contributed by atoms with Crippen LogP contribution in [0.25, 0.3) is 0 Å². The molecule has 0 bridgehead atoms. The first-order valence-corrected chi connectivity index (χ1v) is 6.51. The molecule has 1 saturated heterocycles. The number of carbonyl (C=O) groups is 1. The molecule has 104 valence electrons. The highest BCUT2D eigenvalue weighted by Gasteiger charge is 2.33. The van der Waals surface area contributed by atoms with E-state index in [9.17, 15) is 4.79 Å². The molecule has 2 unspecified atom stereocenters. The molecule has 0 radical (unpaired) electrons. The van der Waals surface area contributed by atoms with Gasteiger partial charge in [-0.15, -0.1) is 0 Å². The van der Waals surface area contributed by atoms with Crippen molar-refractivity contribution in [2.45, 2.75) is 13.0 Å². The molecule has 0 saturated carbocycles. The number of para-hydroxylation sites is 2. The summed E-state index contributed by atoms with van der Waals surface area (Å²) < 4.78 is 10.6. The van der Waals surface area contributed by atoms with E-state index < -0.39 is 0 Å². The van der Waals surface area contributed by atoms with Gasteiger partial charge in [-0.25, -0.2) is 0 Å². The van der Waals surface area contributed by atoms with Crippen LogP contribution in [-0.2, 0) is 9.53 Å². The van der Waals surface area contributed by atoms with Gasteiger partial charge in [0.25, 0.3) is 0 Å². The molecule has 2 atom stereocenters. The van der Waals surface area contributed by atoms with Gasteiger partial charge in [0.15, 0.2) is 0 Å². The van der Waals surface area contributed by atoms with E-state index in [0.29, 0.717) is 24.7 Å². The van der Waals surface area contributed by atoms with Crippen LogP contribution in [0.2, 0.25) is 0 Å². The van der Waals surface area contributed by atoms with Gasteiger partial charge >= 0.3 is 0 Å².